The molecule has 0 aliphatic rings. The number of sulfone groups is 1. The van der Waals surface area contributed by atoms with Crippen LogP contribution in [0, 0.1) is 23.2 Å². The lowest BCUT2D eigenvalue weighted by molar-refractivity contribution is -0.154. The molecule has 2 heterocycles. The number of Topliss-reactive ketones (excluding diaryl/α,β-unsaturated/α-hetero) is 1. The fourth-order valence-electron chi connectivity index (χ4n) is 7.49. The quantitative estimate of drug-likeness (QED) is 0.0200. The molecule has 31 heteroatoms. The summed E-state index contributed by atoms with van der Waals surface area (Å²) < 4.78 is 79.5. The molecule has 508 valence electrons. The summed E-state index contributed by atoms with van der Waals surface area (Å²) in [6.45, 7) is 14.8. The molecule has 0 saturated carbocycles. The molecule has 91 heavy (non-hydrogen) atoms. The lowest BCUT2D eigenvalue weighted by Crippen LogP contribution is -2.55. The number of aromatic nitrogens is 5. The predicted molar refractivity (Wildman–Crippen MR) is 329 cm³/mol. The lowest BCUT2D eigenvalue weighted by atomic mass is 9.97. The number of urea groups is 1. The van der Waals surface area contributed by atoms with Gasteiger partial charge in [0.15, 0.2) is 0 Å². The van der Waals surface area contributed by atoms with Crippen LogP contribution in [0.25, 0.3) is 0 Å². The number of hydrogen-bond acceptors (Lipinski definition) is 23. The number of primary amides is 1. The van der Waals surface area contributed by atoms with Crippen molar-refractivity contribution in [2.24, 2.45) is 17.1 Å². The Morgan fingerprint density at radius 1 is 0.659 bits per heavy atom. The maximum Gasteiger partial charge on any atom is 0.312 e. The molecular weight excluding hydrogens is 1210 g/mol. The van der Waals surface area contributed by atoms with E-state index in [-0.39, 0.29) is 56.1 Å². The molecular formula is C60H93N11O19S. The molecule has 7 N–H and O–H groups in total. The van der Waals surface area contributed by atoms with Gasteiger partial charge in [-0.3, -0.25) is 28.8 Å². The van der Waals surface area contributed by atoms with Crippen molar-refractivity contribution in [1.82, 2.24) is 46.2 Å². The second kappa shape index (κ2) is 46.0. The number of benzene rings is 1. The second-order valence-electron chi connectivity index (χ2n) is 21.7. The standard InChI is InChI=1S/C60H93N11O19S/c1-45(2)54(56(76)67-51(13-10-20-63-58(61)78)55(75)66-48-16-14-46(15-17-48)42-90-57(77)60(3,4)5)68-53(74)44-89-43-52(73)62-21-23-81-25-27-83-29-31-85-33-35-87-37-38-88-36-34-86-32-30-84-28-26-82-24-22-71-41-49(69-70-71)18-19-50(72)12-9-7-8-11-47-39-64-59(65-40-47)91(6,79)80/h14-17,39-41,45,51,54H,7,9-10,12-13,18-38,42-44H2,1-6H3,(H,62,73)(H,66,75)(H,67,76)(H,68,74)(H3,61,63,78)/t51-,54-/m0/s1. The second-order valence-corrected chi connectivity index (χ2v) is 23.6. The molecule has 0 fully saturated rings. The predicted octanol–water partition coefficient (Wildman–Crippen LogP) is 1.26. The van der Waals surface area contributed by atoms with Crippen molar-refractivity contribution in [3.05, 3.63) is 59.7 Å². The van der Waals surface area contributed by atoms with E-state index in [9.17, 15) is 42.0 Å². The average Bonchev–Trinajstić information content (AvgIpc) is 2.54. The highest BCUT2D eigenvalue weighted by Crippen LogP contribution is 2.18. The number of esters is 1. The zero-order valence-electron chi connectivity index (χ0n) is 53.3. The summed E-state index contributed by atoms with van der Waals surface area (Å²) in [6.07, 6.45) is 8.34. The van der Waals surface area contributed by atoms with E-state index in [0.717, 1.165) is 11.9 Å². The summed E-state index contributed by atoms with van der Waals surface area (Å²) in [6, 6.07) is 3.78. The number of rotatable bonds is 50. The topological polar surface area (TPSA) is 389 Å². The van der Waals surface area contributed by atoms with Crippen LogP contribution in [-0.4, -0.2) is 225 Å². The number of amides is 6. The third kappa shape index (κ3) is 38.4. The summed E-state index contributed by atoms with van der Waals surface area (Å²) in [7, 11) is -3.47. The van der Waals surface area contributed by atoms with Gasteiger partial charge in [0.2, 0.25) is 38.6 Å². The van der Waals surface area contributed by atoms with Crippen LogP contribution in [0.3, 0.4) is 0 Å². The van der Waals surface area contributed by atoms with Gasteiger partial charge in [-0.2, -0.15) is 0 Å². The molecule has 6 amide bonds. The molecule has 0 radical (unpaired) electrons. The third-order valence-electron chi connectivity index (χ3n) is 12.4. The molecule has 3 rings (SSSR count). The number of ketones is 1. The van der Waals surface area contributed by atoms with E-state index in [0.29, 0.717) is 155 Å². The first-order valence-electron chi connectivity index (χ1n) is 30.2. The fraction of sp³-hybridized carbons (Fsp3) is 0.650. The van der Waals surface area contributed by atoms with E-state index in [1.807, 2.05) is 0 Å². The van der Waals surface area contributed by atoms with Crippen LogP contribution in [0.15, 0.2) is 48.0 Å². The molecule has 0 bridgehead atoms. The van der Waals surface area contributed by atoms with E-state index in [4.69, 9.17) is 53.1 Å². The minimum Gasteiger partial charge on any atom is -0.460 e. The lowest BCUT2D eigenvalue weighted by Gasteiger charge is -2.25. The number of anilines is 1. The van der Waals surface area contributed by atoms with Gasteiger partial charge in [-0.05, 0) is 70.1 Å². The van der Waals surface area contributed by atoms with E-state index >= 15 is 0 Å². The number of unbranched alkanes of at least 4 members (excludes halogenated alkanes) is 1. The number of ether oxygens (including phenoxy) is 10. The maximum absolute atomic E-state index is 13.5. The van der Waals surface area contributed by atoms with E-state index < -0.39 is 76.1 Å². The minimum atomic E-state index is -3.47. The zero-order chi connectivity index (χ0) is 66.5. The number of hydrogen-bond donors (Lipinski definition) is 6. The molecule has 0 aliphatic carbocycles. The first-order valence-corrected chi connectivity index (χ1v) is 32.1. The Hall–Kier alpha value is -7.12. The molecule has 0 aliphatic heterocycles. The summed E-state index contributed by atoms with van der Waals surface area (Å²) in [5.41, 5.74) is 6.88. The summed E-state index contributed by atoms with van der Waals surface area (Å²) in [5, 5.41) is 21.2. The Kier molecular flexibility index (Phi) is 39.5. The van der Waals surface area contributed by atoms with Gasteiger partial charge in [0.1, 0.15) is 37.7 Å². The van der Waals surface area contributed by atoms with Crippen LogP contribution in [0.2, 0.25) is 0 Å². The molecule has 0 saturated heterocycles. The monoisotopic (exact) mass is 1300 g/mol. The van der Waals surface area contributed by atoms with Gasteiger partial charge >= 0.3 is 12.0 Å². The largest absolute Gasteiger partial charge is 0.460 e. The molecule has 0 spiro atoms. The summed E-state index contributed by atoms with van der Waals surface area (Å²) >= 11 is 0. The van der Waals surface area contributed by atoms with Crippen LogP contribution in [-0.2, 0) is 106 Å². The van der Waals surface area contributed by atoms with E-state index in [2.05, 4.69) is 58.7 Å². The Morgan fingerprint density at radius 3 is 1.75 bits per heavy atom. The maximum atomic E-state index is 13.5. The van der Waals surface area contributed by atoms with E-state index in [1.54, 1.807) is 69.8 Å². The van der Waals surface area contributed by atoms with Crippen LogP contribution in [0.1, 0.15) is 90.0 Å². The van der Waals surface area contributed by atoms with Crippen molar-refractivity contribution in [3.63, 3.8) is 0 Å². The van der Waals surface area contributed by atoms with Crippen LogP contribution in [0.5, 0.6) is 0 Å². The number of nitrogens with one attached hydrogen (secondary N) is 5. The average molecular weight is 1300 g/mol. The Labute approximate surface area is 532 Å². The number of carbonyl (C=O) groups is 7. The fourth-order valence-corrected chi connectivity index (χ4v) is 7.98. The van der Waals surface area contributed by atoms with Crippen molar-refractivity contribution in [2.45, 2.75) is 110 Å². The van der Waals surface area contributed by atoms with Gasteiger partial charge in [0, 0.05) is 62.9 Å². The Morgan fingerprint density at radius 2 is 1.21 bits per heavy atom. The molecule has 30 nitrogen and oxygen atoms in total. The molecule has 0 unspecified atom stereocenters. The number of nitrogens with two attached hydrogens (primary N) is 1. The van der Waals surface area contributed by atoms with Gasteiger partial charge in [0.05, 0.1) is 129 Å². The van der Waals surface area contributed by atoms with E-state index in [1.165, 1.54) is 12.4 Å². The first-order chi connectivity index (χ1) is 43.6. The normalized spacial score (nSPS) is 12.1. The van der Waals surface area contributed by atoms with Gasteiger partial charge < -0.3 is 79.7 Å². The number of carbonyl (C=O) groups excluding carboxylic acids is 7. The van der Waals surface area contributed by atoms with Crippen molar-refractivity contribution < 1.29 is 89.3 Å². The molecule has 3 aromatic rings. The Bertz CT molecular complexity index is 2790. The number of nitrogens with zero attached hydrogens (tertiary/aromatic N) is 5. The van der Waals surface area contributed by atoms with Crippen LogP contribution < -0.4 is 32.3 Å². The van der Waals surface area contributed by atoms with Gasteiger partial charge in [0.25, 0.3) is 0 Å². The SMILES string of the molecule is CC(C)[C@H](NC(=O)COCC(=O)NCCOCCOCCOCCOCCOCCOCCOCCOCCn1cc(CCC(=O)CCCC#Cc2cnc(S(C)(=O)=O)nc2)nn1)C(=O)N[C@@H](CCCNC(N)=O)C(=O)Nc1ccc(COC(=O)C(C)(C)C)cc1. The van der Waals surface area contributed by atoms with Gasteiger partial charge in [-0.15, -0.1) is 5.10 Å². The number of aryl methyl sites for hydroxylation is 1. The first kappa shape index (κ1) is 78.1. The summed E-state index contributed by atoms with van der Waals surface area (Å²) in [5.74, 6) is 2.87. The molecule has 2 atom stereocenters. The van der Waals surface area contributed by atoms with Crippen LogP contribution >= 0.6 is 0 Å². The van der Waals surface area contributed by atoms with Crippen molar-refractivity contribution in [2.75, 3.05) is 144 Å². The molecule has 1 aromatic carbocycles. The smallest absolute Gasteiger partial charge is 0.312 e. The van der Waals surface area contributed by atoms with Gasteiger partial charge in [-0.25, -0.2) is 27.9 Å². The Balaban J connectivity index is 1.08. The highest BCUT2D eigenvalue weighted by molar-refractivity contribution is 7.90. The highest BCUT2D eigenvalue weighted by Gasteiger charge is 2.29. The summed E-state index contributed by atoms with van der Waals surface area (Å²) in [4.78, 5) is 95.4. The third-order valence-corrected chi connectivity index (χ3v) is 13.2. The molecule has 2 aromatic heterocycles. The van der Waals surface area contributed by atoms with Gasteiger partial charge in [-0.1, -0.05) is 43.0 Å². The van der Waals surface area contributed by atoms with Crippen molar-refractivity contribution in [1.29, 1.82) is 0 Å². The minimum absolute atomic E-state index is 0.0520. The van der Waals surface area contributed by atoms with Crippen molar-refractivity contribution >= 4 is 56.9 Å². The van der Waals surface area contributed by atoms with Crippen molar-refractivity contribution in [3.8, 4) is 11.8 Å². The van der Waals surface area contributed by atoms with Crippen LogP contribution in [0.4, 0.5) is 10.5 Å². The highest BCUT2D eigenvalue weighted by atomic mass is 32.2. The zero-order valence-corrected chi connectivity index (χ0v) is 54.1.